The minimum Gasteiger partial charge on any atom is -0.306 e. The highest BCUT2D eigenvalue weighted by Gasteiger charge is 2.23. The summed E-state index contributed by atoms with van der Waals surface area (Å²) in [6.45, 7) is 3.16. The molecule has 0 bridgehead atoms. The van der Waals surface area contributed by atoms with E-state index < -0.39 is 0 Å². The number of nitrogens with one attached hydrogen (secondary N) is 2. The minimum absolute atomic E-state index is 0.264. The van der Waals surface area contributed by atoms with Crippen LogP contribution < -0.4 is 5.32 Å². The molecule has 0 radical (unpaired) electrons. The predicted octanol–water partition coefficient (Wildman–Crippen LogP) is 2.00. The van der Waals surface area contributed by atoms with Crippen LogP contribution in [-0.2, 0) is 6.54 Å². The van der Waals surface area contributed by atoms with E-state index in [1.807, 2.05) is 6.07 Å². The van der Waals surface area contributed by atoms with Crippen LogP contribution in [0.2, 0.25) is 0 Å². The van der Waals surface area contributed by atoms with Crippen LogP contribution in [0, 0.1) is 0 Å². The van der Waals surface area contributed by atoms with Gasteiger partial charge in [0.1, 0.15) is 0 Å². The van der Waals surface area contributed by atoms with Gasteiger partial charge < -0.3 is 5.32 Å². The van der Waals surface area contributed by atoms with Crippen LogP contribution in [0.25, 0.3) is 0 Å². The van der Waals surface area contributed by atoms with Gasteiger partial charge in [-0.05, 0) is 32.3 Å². The lowest BCUT2D eigenvalue weighted by atomic mass is 9.87. The number of hydrogen-bond acceptors (Lipinski definition) is 2. The van der Waals surface area contributed by atoms with Crippen molar-refractivity contribution in [1.29, 1.82) is 0 Å². The van der Waals surface area contributed by atoms with Gasteiger partial charge in [0.25, 0.3) is 0 Å². The minimum atomic E-state index is 0.264. The highest BCUT2D eigenvalue weighted by Crippen LogP contribution is 2.22. The number of aromatic nitrogens is 2. The summed E-state index contributed by atoms with van der Waals surface area (Å²) in [5.41, 5.74) is 1.42. The lowest BCUT2D eigenvalue weighted by molar-refractivity contribution is 0.322. The summed E-state index contributed by atoms with van der Waals surface area (Å²) in [7, 11) is 0. The maximum absolute atomic E-state index is 3.93. The summed E-state index contributed by atoms with van der Waals surface area (Å²) in [6.07, 6.45) is 9.86. The molecule has 0 saturated heterocycles. The van der Waals surface area contributed by atoms with Gasteiger partial charge in [0.15, 0.2) is 0 Å². The SMILES string of the molecule is CC1(NCc2ccn[nH]2)CC=CCC1. The van der Waals surface area contributed by atoms with E-state index >= 15 is 0 Å². The number of hydrogen-bond donors (Lipinski definition) is 2. The van der Waals surface area contributed by atoms with E-state index in [0.717, 1.165) is 18.7 Å². The average molecular weight is 191 g/mol. The summed E-state index contributed by atoms with van der Waals surface area (Å²) in [5, 5.41) is 10.5. The smallest absolute Gasteiger partial charge is 0.0490 e. The van der Waals surface area contributed by atoms with Crippen LogP contribution in [0.1, 0.15) is 31.9 Å². The average Bonchev–Trinajstić information content (AvgIpc) is 2.69. The lowest BCUT2D eigenvalue weighted by Gasteiger charge is -2.31. The third-order valence-electron chi connectivity index (χ3n) is 2.86. The van der Waals surface area contributed by atoms with Gasteiger partial charge in [-0.2, -0.15) is 5.10 Å². The van der Waals surface area contributed by atoms with E-state index in [1.54, 1.807) is 6.20 Å². The van der Waals surface area contributed by atoms with Gasteiger partial charge >= 0.3 is 0 Å². The molecule has 1 atom stereocenters. The summed E-state index contributed by atoms with van der Waals surface area (Å²) < 4.78 is 0. The van der Waals surface area contributed by atoms with E-state index in [1.165, 1.54) is 12.8 Å². The van der Waals surface area contributed by atoms with E-state index in [-0.39, 0.29) is 5.54 Å². The van der Waals surface area contributed by atoms with Crippen molar-refractivity contribution in [2.75, 3.05) is 0 Å². The van der Waals surface area contributed by atoms with Crippen molar-refractivity contribution < 1.29 is 0 Å². The number of nitrogens with zero attached hydrogens (tertiary/aromatic N) is 1. The molecule has 0 amide bonds. The lowest BCUT2D eigenvalue weighted by Crippen LogP contribution is -2.42. The summed E-state index contributed by atoms with van der Waals surface area (Å²) >= 11 is 0. The predicted molar refractivity (Wildman–Crippen MR) is 56.8 cm³/mol. The molecule has 1 aliphatic rings. The fourth-order valence-electron chi connectivity index (χ4n) is 1.82. The molecular weight excluding hydrogens is 174 g/mol. The van der Waals surface area contributed by atoms with Gasteiger partial charge in [-0.15, -0.1) is 0 Å². The monoisotopic (exact) mass is 191 g/mol. The maximum atomic E-state index is 3.93. The molecule has 0 aliphatic heterocycles. The zero-order valence-electron chi connectivity index (χ0n) is 8.59. The first-order valence-electron chi connectivity index (χ1n) is 5.17. The Balaban J connectivity index is 1.88. The van der Waals surface area contributed by atoms with Gasteiger partial charge in [-0.1, -0.05) is 12.2 Å². The summed E-state index contributed by atoms with van der Waals surface area (Å²) in [5.74, 6) is 0. The Morgan fingerprint density at radius 2 is 2.50 bits per heavy atom. The topological polar surface area (TPSA) is 40.7 Å². The van der Waals surface area contributed by atoms with Gasteiger partial charge in [0.05, 0.1) is 0 Å². The molecular formula is C11H17N3. The molecule has 1 aliphatic carbocycles. The molecule has 14 heavy (non-hydrogen) atoms. The van der Waals surface area contributed by atoms with Gasteiger partial charge in [-0.3, -0.25) is 5.10 Å². The van der Waals surface area contributed by atoms with Crippen LogP contribution in [0.3, 0.4) is 0 Å². The first-order chi connectivity index (χ1) is 6.79. The zero-order valence-corrected chi connectivity index (χ0v) is 8.59. The molecule has 3 heteroatoms. The molecule has 2 rings (SSSR count). The van der Waals surface area contributed by atoms with E-state index in [2.05, 4.69) is 34.6 Å². The molecule has 0 fully saturated rings. The third-order valence-corrected chi connectivity index (χ3v) is 2.86. The van der Waals surface area contributed by atoms with Gasteiger partial charge in [0, 0.05) is 24.0 Å². The van der Waals surface area contributed by atoms with E-state index in [9.17, 15) is 0 Å². The Morgan fingerprint density at radius 3 is 3.14 bits per heavy atom. The quantitative estimate of drug-likeness (QED) is 0.717. The van der Waals surface area contributed by atoms with Crippen molar-refractivity contribution in [3.8, 4) is 0 Å². The van der Waals surface area contributed by atoms with Gasteiger partial charge in [-0.25, -0.2) is 0 Å². The first kappa shape index (κ1) is 9.46. The van der Waals surface area contributed by atoms with E-state index in [0.29, 0.717) is 0 Å². The molecule has 76 valence electrons. The summed E-state index contributed by atoms with van der Waals surface area (Å²) in [6, 6.07) is 2.01. The van der Waals surface area contributed by atoms with Crippen LogP contribution in [-0.4, -0.2) is 15.7 Å². The fourth-order valence-corrected chi connectivity index (χ4v) is 1.82. The standard InChI is InChI=1S/C11H17N3/c1-11(6-3-2-4-7-11)12-9-10-5-8-13-14-10/h2-3,5,8,12H,4,6-7,9H2,1H3,(H,13,14). The van der Waals surface area contributed by atoms with Crippen molar-refractivity contribution in [2.45, 2.75) is 38.3 Å². The number of H-pyrrole nitrogens is 1. The molecule has 2 N–H and O–H groups in total. The molecule has 1 unspecified atom stereocenters. The number of allylic oxidation sites excluding steroid dienone is 1. The normalized spacial score (nSPS) is 26.6. The Bertz CT molecular complexity index is 302. The highest BCUT2D eigenvalue weighted by atomic mass is 15.1. The third kappa shape index (κ3) is 2.23. The maximum Gasteiger partial charge on any atom is 0.0490 e. The molecule has 0 spiro atoms. The largest absolute Gasteiger partial charge is 0.306 e. The zero-order chi connectivity index (χ0) is 9.86. The molecule has 1 aromatic heterocycles. The van der Waals surface area contributed by atoms with Crippen molar-refractivity contribution in [2.24, 2.45) is 0 Å². The van der Waals surface area contributed by atoms with Crippen LogP contribution in [0.15, 0.2) is 24.4 Å². The van der Waals surface area contributed by atoms with Crippen molar-refractivity contribution in [3.05, 3.63) is 30.1 Å². The second kappa shape index (κ2) is 3.96. The highest BCUT2D eigenvalue weighted by molar-refractivity contribution is 5.03. The first-order valence-corrected chi connectivity index (χ1v) is 5.17. The number of aromatic amines is 1. The molecule has 0 aromatic carbocycles. The van der Waals surface area contributed by atoms with Crippen molar-refractivity contribution in [3.63, 3.8) is 0 Å². The van der Waals surface area contributed by atoms with E-state index in [4.69, 9.17) is 0 Å². The summed E-state index contributed by atoms with van der Waals surface area (Å²) in [4.78, 5) is 0. The van der Waals surface area contributed by atoms with Gasteiger partial charge in [0.2, 0.25) is 0 Å². The fraction of sp³-hybridized carbons (Fsp3) is 0.545. The van der Waals surface area contributed by atoms with Crippen molar-refractivity contribution in [1.82, 2.24) is 15.5 Å². The number of rotatable bonds is 3. The van der Waals surface area contributed by atoms with Crippen LogP contribution in [0.4, 0.5) is 0 Å². The molecule has 3 nitrogen and oxygen atoms in total. The second-order valence-electron chi connectivity index (χ2n) is 4.21. The Labute approximate surface area is 84.6 Å². The Kier molecular flexibility index (Phi) is 2.68. The second-order valence-corrected chi connectivity index (χ2v) is 4.21. The Morgan fingerprint density at radius 1 is 1.57 bits per heavy atom. The molecule has 0 saturated carbocycles. The van der Waals surface area contributed by atoms with Crippen molar-refractivity contribution >= 4 is 0 Å². The Hall–Kier alpha value is -1.09. The molecule has 1 aromatic rings. The molecule has 1 heterocycles. The van der Waals surface area contributed by atoms with Crippen LogP contribution in [0.5, 0.6) is 0 Å². The van der Waals surface area contributed by atoms with Crippen LogP contribution >= 0.6 is 0 Å².